The monoisotopic (exact) mass is 1800 g/mol. The third kappa shape index (κ3) is 21.0. The molecule has 0 amide bonds. The van der Waals surface area contributed by atoms with E-state index < -0.39 is 0 Å². The molecule has 0 aliphatic rings. The second-order valence-electron chi connectivity index (χ2n) is 39.2. The van der Waals surface area contributed by atoms with Crippen LogP contribution in [0.15, 0.2) is 385 Å². The normalized spacial score (nSPS) is 11.7. The minimum Gasteiger partial charge on any atom is -0.456 e. The van der Waals surface area contributed by atoms with Gasteiger partial charge in [-0.3, -0.25) is 0 Å². The van der Waals surface area contributed by atoms with E-state index in [1.807, 2.05) is 218 Å². The van der Waals surface area contributed by atoms with Gasteiger partial charge in [0, 0.05) is 104 Å². The molecule has 0 N–H and O–H groups in total. The SMILES string of the molecule is CC(C)(C)c1nc(-c2cccc3oc4ccccc4c23)nc(-c2cccc3oc4ccccc4c23)n1.CC(C)(C)c1nc(-c2ccccc2)nc(-c2ccc3ccccc3c2)n1.CC(C)(C)c1nc(-c2ccccc2)nc(-c2cccc(-c3ccccc3)c2)n1.CC(C)(C)c1nc(-c2ccccc2)nc(-c2cccc3ccccc23)n1.CC(C)(C)c1nc(-c2ccccc2)nc(-c2ccccc2)n1. The van der Waals surface area contributed by atoms with E-state index in [1.54, 1.807) is 0 Å². The standard InChI is InChI=1S/C31H23N3O2.C25H23N3.2C23H21N3.C19H19N3/c1-31(2,3)30-33-28(20-12-8-16-24-26(20)18-10-4-6-14-22(18)35-24)32-29(34-30)21-13-9-17-25-27(21)19-11-5-7-15-23(19)36-25;1-25(2,3)24-27-22(19-13-8-5-9-14-19)26-23(28-24)21-16-10-15-20(17-21)18-11-6-4-7-12-18;1-23(2,3)22-25-20(17-11-5-4-6-12-17)24-21(26-22)19-15-9-13-16-10-7-8-14-18(16)19;1-23(2,3)22-25-20(17-10-5-4-6-11-17)24-21(26-22)19-14-13-16-9-7-8-12-18(16)15-19;1-19(2,3)18-21-16(14-10-6-4-7-11-14)20-17(22-18)15-12-8-5-9-13-15/h4-17H,1-3H3;4-17H,1-3H3;2*4-15H,1-3H3;4-13H,1-3H3. The number of aromatic nitrogens is 15. The Morgan fingerprint density at radius 3 is 0.768 bits per heavy atom. The molecule has 17 heteroatoms. The number of furan rings is 2. The van der Waals surface area contributed by atoms with E-state index in [0.717, 1.165) is 163 Å². The Morgan fingerprint density at radius 2 is 0.391 bits per heavy atom. The highest BCUT2D eigenvalue weighted by Crippen LogP contribution is 2.42. The summed E-state index contributed by atoms with van der Waals surface area (Å²) in [4.78, 5) is 72.1. The molecule has 0 bridgehead atoms. The van der Waals surface area contributed by atoms with Crippen LogP contribution < -0.4 is 0 Å². The smallest absolute Gasteiger partial charge is 0.164 e. The van der Waals surface area contributed by atoms with E-state index in [4.69, 9.17) is 68.6 Å². The van der Waals surface area contributed by atoms with Crippen LogP contribution in [-0.4, -0.2) is 74.8 Å². The van der Waals surface area contributed by atoms with Crippen molar-refractivity contribution in [1.29, 1.82) is 0 Å². The van der Waals surface area contributed by atoms with Gasteiger partial charge in [0.15, 0.2) is 58.2 Å². The highest BCUT2D eigenvalue weighted by molar-refractivity contribution is 6.13. The first-order chi connectivity index (χ1) is 66.5. The zero-order valence-electron chi connectivity index (χ0n) is 80.3. The van der Waals surface area contributed by atoms with Crippen molar-refractivity contribution in [2.75, 3.05) is 0 Å². The predicted molar refractivity (Wildman–Crippen MR) is 562 cm³/mol. The first-order valence-electron chi connectivity index (χ1n) is 46.6. The fourth-order valence-electron chi connectivity index (χ4n) is 15.9. The first kappa shape index (κ1) is 91.9. The third-order valence-corrected chi connectivity index (χ3v) is 23.2. The van der Waals surface area contributed by atoms with Gasteiger partial charge in [-0.2, -0.15) is 0 Å². The fraction of sp³-hybridized carbons (Fsp3) is 0.165. The summed E-state index contributed by atoms with van der Waals surface area (Å²) in [5.74, 6) is 10.9. The maximum absolute atomic E-state index is 6.14. The van der Waals surface area contributed by atoms with Crippen LogP contribution in [0.25, 0.3) is 190 Å². The van der Waals surface area contributed by atoms with Gasteiger partial charge >= 0.3 is 0 Å². The van der Waals surface area contributed by atoms with E-state index in [1.165, 1.54) is 21.7 Å². The van der Waals surface area contributed by atoms with Gasteiger partial charge in [-0.05, 0) is 69.1 Å². The maximum atomic E-state index is 6.14. The Kier molecular flexibility index (Phi) is 26.1. The molecule has 0 atom stereocenters. The molecule has 7 heterocycles. The zero-order valence-corrected chi connectivity index (χ0v) is 80.3. The van der Waals surface area contributed by atoms with Gasteiger partial charge < -0.3 is 8.83 Å². The quantitative estimate of drug-likeness (QED) is 0.117. The lowest BCUT2D eigenvalue weighted by Crippen LogP contribution is -2.18. The summed E-state index contributed by atoms with van der Waals surface area (Å²) in [5, 5.41) is 8.85. The number of nitrogens with zero attached hydrogens (tertiary/aromatic N) is 15. The molecular formula is C121H107N15O2. The number of hydrogen-bond acceptors (Lipinski definition) is 17. The Balaban J connectivity index is 0.000000116. The van der Waals surface area contributed by atoms with E-state index in [-0.39, 0.29) is 27.1 Å². The number of fused-ring (bicyclic) bond motifs is 8. The lowest BCUT2D eigenvalue weighted by atomic mass is 9.95. The van der Waals surface area contributed by atoms with Crippen LogP contribution in [0.4, 0.5) is 0 Å². The summed E-state index contributed by atoms with van der Waals surface area (Å²) in [5.41, 5.74) is 14.7. The van der Waals surface area contributed by atoms with Crippen molar-refractivity contribution < 1.29 is 8.83 Å². The minimum atomic E-state index is -0.273. The van der Waals surface area contributed by atoms with E-state index in [2.05, 4.69) is 277 Å². The number of para-hydroxylation sites is 2. The molecule has 0 fully saturated rings. The van der Waals surface area contributed by atoms with Gasteiger partial charge in [-0.1, -0.05) is 444 Å². The van der Waals surface area contributed by atoms with E-state index in [9.17, 15) is 0 Å². The molecule has 0 saturated heterocycles. The average Bonchev–Trinajstić information content (AvgIpc) is 1.58. The summed E-state index contributed by atoms with van der Waals surface area (Å²) >= 11 is 0. The summed E-state index contributed by atoms with van der Waals surface area (Å²) < 4.78 is 12.3. The largest absolute Gasteiger partial charge is 0.456 e. The second-order valence-corrected chi connectivity index (χ2v) is 39.2. The van der Waals surface area contributed by atoms with Crippen LogP contribution in [0, 0.1) is 0 Å². The third-order valence-electron chi connectivity index (χ3n) is 23.2. The van der Waals surface area contributed by atoms with Gasteiger partial charge in [-0.25, -0.2) is 74.8 Å². The molecule has 0 saturated carbocycles. The number of hydrogen-bond donors (Lipinski definition) is 0. The molecule has 678 valence electrons. The van der Waals surface area contributed by atoms with Crippen molar-refractivity contribution in [3.05, 3.63) is 405 Å². The van der Waals surface area contributed by atoms with Crippen molar-refractivity contribution >= 4 is 65.4 Å². The molecule has 22 rings (SSSR count). The summed E-state index contributed by atoms with van der Waals surface area (Å²) in [6.07, 6.45) is 0. The second kappa shape index (κ2) is 39.2. The predicted octanol–water partition coefficient (Wildman–Crippen LogP) is 30.3. The Labute approximate surface area is 805 Å². The first-order valence-corrected chi connectivity index (χ1v) is 46.6. The zero-order chi connectivity index (χ0) is 95.9. The minimum absolute atomic E-state index is 0.129. The number of benzene rings is 15. The summed E-state index contributed by atoms with van der Waals surface area (Å²) in [7, 11) is 0. The van der Waals surface area contributed by atoms with Crippen molar-refractivity contribution in [2.45, 2.75) is 131 Å². The van der Waals surface area contributed by atoms with Crippen LogP contribution >= 0.6 is 0 Å². The van der Waals surface area contributed by atoms with Crippen LogP contribution in [0.2, 0.25) is 0 Å². The highest BCUT2D eigenvalue weighted by atomic mass is 16.3. The molecule has 0 spiro atoms. The number of rotatable bonds is 11. The van der Waals surface area contributed by atoms with Crippen LogP contribution in [0.1, 0.15) is 133 Å². The molecule has 0 radical (unpaired) electrons. The van der Waals surface area contributed by atoms with Gasteiger partial charge in [0.05, 0.1) is 0 Å². The van der Waals surface area contributed by atoms with E-state index in [0.29, 0.717) is 34.9 Å². The van der Waals surface area contributed by atoms with Crippen LogP contribution in [-0.2, 0) is 27.1 Å². The molecule has 138 heavy (non-hydrogen) atoms. The summed E-state index contributed by atoms with van der Waals surface area (Å²) in [6, 6.07) is 127. The Bertz CT molecular complexity index is 7880. The summed E-state index contributed by atoms with van der Waals surface area (Å²) in [6.45, 7) is 31.9. The Morgan fingerprint density at radius 1 is 0.152 bits per heavy atom. The molecule has 17 nitrogen and oxygen atoms in total. The molecule has 22 aromatic rings. The highest BCUT2D eigenvalue weighted by Gasteiger charge is 2.29. The lowest BCUT2D eigenvalue weighted by Gasteiger charge is -2.18. The molecule has 0 aliphatic carbocycles. The maximum Gasteiger partial charge on any atom is 0.164 e. The van der Waals surface area contributed by atoms with Gasteiger partial charge in [0.1, 0.15) is 51.5 Å². The molecule has 0 aliphatic heterocycles. The Hall–Kier alpha value is -16.5. The van der Waals surface area contributed by atoms with Gasteiger partial charge in [0.2, 0.25) is 0 Å². The average molecular weight is 1800 g/mol. The van der Waals surface area contributed by atoms with Gasteiger partial charge in [0.25, 0.3) is 0 Å². The van der Waals surface area contributed by atoms with Crippen LogP contribution in [0.3, 0.4) is 0 Å². The molecule has 15 aromatic carbocycles. The fourth-order valence-corrected chi connectivity index (χ4v) is 15.9. The van der Waals surface area contributed by atoms with Gasteiger partial charge in [-0.15, -0.1) is 0 Å². The molecule has 7 aromatic heterocycles. The van der Waals surface area contributed by atoms with Crippen LogP contribution in [0.5, 0.6) is 0 Å². The van der Waals surface area contributed by atoms with Crippen molar-refractivity contribution in [3.63, 3.8) is 0 Å². The topological polar surface area (TPSA) is 220 Å². The molecule has 0 unspecified atom stereocenters. The lowest BCUT2D eigenvalue weighted by molar-refractivity contribution is 0.543. The van der Waals surface area contributed by atoms with E-state index >= 15 is 0 Å². The van der Waals surface area contributed by atoms with Crippen molar-refractivity contribution in [3.8, 4) is 125 Å². The molecular weight excluding hydrogens is 1700 g/mol. The van der Waals surface area contributed by atoms with Crippen molar-refractivity contribution in [2.24, 2.45) is 0 Å². The van der Waals surface area contributed by atoms with Crippen molar-refractivity contribution in [1.82, 2.24) is 74.8 Å².